The lowest BCUT2D eigenvalue weighted by atomic mass is 10.1. The minimum absolute atomic E-state index is 0.127. The van der Waals surface area contributed by atoms with E-state index in [1.165, 1.54) is 7.11 Å². The van der Waals surface area contributed by atoms with Crippen molar-refractivity contribution in [2.75, 3.05) is 17.7 Å². The molecule has 2 N–H and O–H groups in total. The topological polar surface area (TPSA) is 76.1 Å². The van der Waals surface area contributed by atoms with Gasteiger partial charge in [0.25, 0.3) is 5.91 Å². The van der Waals surface area contributed by atoms with Gasteiger partial charge in [0.1, 0.15) is 11.6 Å². The van der Waals surface area contributed by atoms with Crippen LogP contribution in [0.3, 0.4) is 0 Å². The Kier molecular flexibility index (Phi) is 5.05. The zero-order chi connectivity index (χ0) is 17.0. The van der Waals surface area contributed by atoms with Crippen LogP contribution < -0.4 is 15.4 Å². The molecule has 2 aromatic rings. The highest BCUT2D eigenvalue weighted by Crippen LogP contribution is 2.27. The summed E-state index contributed by atoms with van der Waals surface area (Å²) in [7, 11) is 1.53. The Morgan fingerprint density at radius 2 is 1.91 bits per heavy atom. The highest BCUT2D eigenvalue weighted by Gasteiger charge is 2.13. The van der Waals surface area contributed by atoms with Crippen molar-refractivity contribution < 1.29 is 9.53 Å². The molecule has 6 nitrogen and oxygen atoms in total. The number of aromatic nitrogens is 2. The molecule has 1 aromatic heterocycles. The summed E-state index contributed by atoms with van der Waals surface area (Å²) >= 11 is 6.03. The van der Waals surface area contributed by atoms with Gasteiger partial charge >= 0.3 is 0 Å². The second kappa shape index (κ2) is 6.83. The molecule has 0 atom stereocenters. The molecular weight excluding hydrogens is 316 g/mol. The summed E-state index contributed by atoms with van der Waals surface area (Å²) < 4.78 is 5.07. The first-order valence-electron chi connectivity index (χ1n) is 7.05. The largest absolute Gasteiger partial charge is 0.495 e. The number of amides is 1. The number of hydrogen-bond acceptors (Lipinski definition) is 5. The van der Waals surface area contributed by atoms with Gasteiger partial charge in [0.15, 0.2) is 5.69 Å². The number of methoxy groups -OCH3 is 1. The Morgan fingerprint density at radius 1 is 1.17 bits per heavy atom. The maximum absolute atomic E-state index is 12.2. The van der Waals surface area contributed by atoms with E-state index < -0.39 is 0 Å². The first-order valence-corrected chi connectivity index (χ1v) is 7.43. The van der Waals surface area contributed by atoms with Crippen LogP contribution in [-0.4, -0.2) is 28.8 Å². The summed E-state index contributed by atoms with van der Waals surface area (Å²) in [6.07, 6.45) is 0. The van der Waals surface area contributed by atoms with Crippen LogP contribution in [0.5, 0.6) is 5.75 Å². The molecule has 0 unspecified atom stereocenters. The van der Waals surface area contributed by atoms with Crippen LogP contribution in [-0.2, 0) is 0 Å². The molecule has 0 saturated heterocycles. The van der Waals surface area contributed by atoms with E-state index in [0.29, 0.717) is 22.3 Å². The van der Waals surface area contributed by atoms with Gasteiger partial charge in [0.2, 0.25) is 0 Å². The second-order valence-corrected chi connectivity index (χ2v) is 6.39. The lowest BCUT2D eigenvalue weighted by Gasteiger charge is -2.20. The Morgan fingerprint density at radius 3 is 2.43 bits per heavy atom. The van der Waals surface area contributed by atoms with E-state index in [4.69, 9.17) is 16.3 Å². The molecule has 122 valence electrons. The minimum Gasteiger partial charge on any atom is -0.495 e. The van der Waals surface area contributed by atoms with Gasteiger partial charge in [-0.05, 0) is 51.1 Å². The number of nitrogens with zero attached hydrogens (tertiary/aromatic N) is 2. The Balaban J connectivity index is 2.07. The van der Waals surface area contributed by atoms with E-state index in [2.05, 4.69) is 20.8 Å². The summed E-state index contributed by atoms with van der Waals surface area (Å²) in [6, 6.07) is 8.32. The molecular formula is C16H19ClN4O2. The van der Waals surface area contributed by atoms with Crippen LogP contribution in [0.4, 0.5) is 11.5 Å². The van der Waals surface area contributed by atoms with Crippen LogP contribution >= 0.6 is 11.6 Å². The molecule has 0 bridgehead atoms. The number of halogens is 1. The highest BCUT2D eigenvalue weighted by molar-refractivity contribution is 6.32. The Bertz CT molecular complexity index is 696. The van der Waals surface area contributed by atoms with Crippen molar-refractivity contribution in [1.29, 1.82) is 0 Å². The third-order valence-corrected chi connectivity index (χ3v) is 3.11. The van der Waals surface area contributed by atoms with Crippen molar-refractivity contribution >= 4 is 29.0 Å². The number of benzene rings is 1. The standard InChI is InChI=1S/C16H19ClN4O2/c1-16(2,3)19-14-8-6-12(20-21-14)15(22)18-10-5-7-13(23-4)11(17)9-10/h5-9H,1-4H3,(H,18,22)(H,19,21). The Labute approximate surface area is 140 Å². The lowest BCUT2D eigenvalue weighted by Crippen LogP contribution is -2.27. The number of ether oxygens (including phenoxy) is 1. The van der Waals surface area contributed by atoms with Gasteiger partial charge in [0, 0.05) is 11.2 Å². The van der Waals surface area contributed by atoms with Crippen LogP contribution in [0, 0.1) is 0 Å². The molecule has 0 aliphatic heterocycles. The molecule has 0 aliphatic carbocycles. The van der Waals surface area contributed by atoms with Crippen molar-refractivity contribution in [1.82, 2.24) is 10.2 Å². The van der Waals surface area contributed by atoms with Gasteiger partial charge in [-0.15, -0.1) is 10.2 Å². The van der Waals surface area contributed by atoms with E-state index in [9.17, 15) is 4.79 Å². The normalized spacial score (nSPS) is 11.0. The minimum atomic E-state index is -0.360. The fraction of sp³-hybridized carbons (Fsp3) is 0.312. The average molecular weight is 335 g/mol. The molecule has 0 saturated carbocycles. The fourth-order valence-corrected chi connectivity index (χ4v) is 2.10. The third kappa shape index (κ3) is 4.82. The number of carbonyl (C=O) groups is 1. The molecule has 0 radical (unpaired) electrons. The van der Waals surface area contributed by atoms with E-state index >= 15 is 0 Å². The maximum atomic E-state index is 12.2. The zero-order valence-corrected chi connectivity index (χ0v) is 14.2. The smallest absolute Gasteiger partial charge is 0.276 e. The van der Waals surface area contributed by atoms with Gasteiger partial charge in [0.05, 0.1) is 12.1 Å². The highest BCUT2D eigenvalue weighted by atomic mass is 35.5. The molecule has 23 heavy (non-hydrogen) atoms. The molecule has 0 fully saturated rings. The van der Waals surface area contributed by atoms with Crippen molar-refractivity contribution in [2.45, 2.75) is 26.3 Å². The van der Waals surface area contributed by atoms with Crippen molar-refractivity contribution in [3.8, 4) is 5.75 Å². The van der Waals surface area contributed by atoms with Gasteiger partial charge < -0.3 is 15.4 Å². The van der Waals surface area contributed by atoms with Crippen molar-refractivity contribution in [3.63, 3.8) is 0 Å². The molecule has 0 aliphatic rings. The second-order valence-electron chi connectivity index (χ2n) is 5.98. The van der Waals surface area contributed by atoms with Crippen LogP contribution in [0.15, 0.2) is 30.3 Å². The number of rotatable bonds is 4. The van der Waals surface area contributed by atoms with Gasteiger partial charge in [-0.25, -0.2) is 0 Å². The maximum Gasteiger partial charge on any atom is 0.276 e. The number of anilines is 2. The molecule has 2 rings (SSSR count). The van der Waals surface area contributed by atoms with Crippen LogP contribution in [0.25, 0.3) is 0 Å². The summed E-state index contributed by atoms with van der Waals surface area (Å²) in [5, 5.41) is 14.3. The van der Waals surface area contributed by atoms with Gasteiger partial charge in [-0.3, -0.25) is 4.79 Å². The summed E-state index contributed by atoms with van der Waals surface area (Å²) in [4.78, 5) is 12.2. The quantitative estimate of drug-likeness (QED) is 0.893. The van der Waals surface area contributed by atoms with E-state index in [0.717, 1.165) is 0 Å². The molecule has 1 amide bonds. The number of nitrogens with one attached hydrogen (secondary N) is 2. The summed E-state index contributed by atoms with van der Waals surface area (Å²) in [5.41, 5.74) is 0.647. The predicted molar refractivity (Wildman–Crippen MR) is 91.4 cm³/mol. The molecule has 1 heterocycles. The number of hydrogen-bond donors (Lipinski definition) is 2. The zero-order valence-electron chi connectivity index (χ0n) is 13.5. The molecule has 0 spiro atoms. The lowest BCUT2D eigenvalue weighted by molar-refractivity contribution is 0.102. The first kappa shape index (κ1) is 17.0. The number of carbonyl (C=O) groups excluding carboxylic acids is 1. The van der Waals surface area contributed by atoms with E-state index in [1.807, 2.05) is 20.8 Å². The van der Waals surface area contributed by atoms with Crippen molar-refractivity contribution in [3.05, 3.63) is 41.0 Å². The third-order valence-electron chi connectivity index (χ3n) is 2.81. The fourth-order valence-electron chi connectivity index (χ4n) is 1.84. The van der Waals surface area contributed by atoms with Crippen molar-refractivity contribution in [2.24, 2.45) is 0 Å². The van der Waals surface area contributed by atoms with Crippen LogP contribution in [0.2, 0.25) is 5.02 Å². The SMILES string of the molecule is COc1ccc(NC(=O)c2ccc(NC(C)(C)C)nn2)cc1Cl. The van der Waals surface area contributed by atoms with Gasteiger partial charge in [-0.1, -0.05) is 11.6 Å². The van der Waals surface area contributed by atoms with Gasteiger partial charge in [-0.2, -0.15) is 0 Å². The van der Waals surface area contributed by atoms with E-state index in [-0.39, 0.29) is 17.1 Å². The monoisotopic (exact) mass is 334 g/mol. The summed E-state index contributed by atoms with van der Waals surface area (Å²) in [5.74, 6) is 0.796. The molecule has 1 aromatic carbocycles. The first-order chi connectivity index (χ1) is 10.8. The van der Waals surface area contributed by atoms with E-state index in [1.54, 1.807) is 30.3 Å². The summed E-state index contributed by atoms with van der Waals surface area (Å²) in [6.45, 7) is 6.05. The Hall–Kier alpha value is -2.34. The average Bonchev–Trinajstić information content (AvgIpc) is 2.46. The molecule has 7 heteroatoms. The van der Waals surface area contributed by atoms with Crippen LogP contribution in [0.1, 0.15) is 31.3 Å². The predicted octanol–water partition coefficient (Wildman–Crippen LogP) is 3.60.